The van der Waals surface area contributed by atoms with Crippen LogP contribution in [0.2, 0.25) is 0 Å². The van der Waals surface area contributed by atoms with Crippen LogP contribution in [0.4, 0.5) is 0 Å². The van der Waals surface area contributed by atoms with Gasteiger partial charge in [-0.15, -0.1) is 0 Å². The number of nitrogens with zero attached hydrogens (tertiary/aromatic N) is 1. The number of ether oxygens (including phenoxy) is 1. The summed E-state index contributed by atoms with van der Waals surface area (Å²) in [7, 11) is 0. The molecule has 2 aliphatic heterocycles. The molecule has 2 N–H and O–H groups in total. The van der Waals surface area contributed by atoms with Gasteiger partial charge in [-0.05, 0) is 62.0 Å². The van der Waals surface area contributed by atoms with Crippen molar-refractivity contribution in [2.75, 3.05) is 19.6 Å². The maximum Gasteiger partial charge on any atom is 0.220 e. The summed E-state index contributed by atoms with van der Waals surface area (Å²) in [5.74, 6) is 0.897. The molecule has 0 aliphatic carbocycles. The van der Waals surface area contributed by atoms with Gasteiger partial charge in [0.05, 0.1) is 0 Å². The monoisotopic (exact) mass is 364 g/mol. The van der Waals surface area contributed by atoms with E-state index in [1.54, 1.807) is 0 Å². The Morgan fingerprint density at radius 3 is 2.59 bits per heavy atom. The van der Waals surface area contributed by atoms with Crippen molar-refractivity contribution in [3.05, 3.63) is 65.2 Å². The molecule has 1 amide bonds. The number of carbonyl (C=O) groups is 1. The van der Waals surface area contributed by atoms with E-state index in [9.17, 15) is 4.79 Å². The Kier molecular flexibility index (Phi) is 4.92. The molecule has 0 aromatic heterocycles. The van der Waals surface area contributed by atoms with Gasteiger partial charge in [0.1, 0.15) is 11.4 Å². The number of piperidine rings is 1. The quantitative estimate of drug-likeness (QED) is 0.887. The van der Waals surface area contributed by atoms with Gasteiger partial charge in [-0.2, -0.15) is 0 Å². The van der Waals surface area contributed by atoms with Gasteiger partial charge in [0.2, 0.25) is 5.91 Å². The molecule has 1 saturated heterocycles. The molecular weight excluding hydrogens is 336 g/mol. The highest BCUT2D eigenvalue weighted by atomic mass is 16.5. The van der Waals surface area contributed by atoms with Crippen LogP contribution in [0.1, 0.15) is 36.5 Å². The summed E-state index contributed by atoms with van der Waals surface area (Å²) in [6, 6.07) is 17.2. The Balaban J connectivity index is 1.39. The van der Waals surface area contributed by atoms with Crippen molar-refractivity contribution >= 4 is 5.91 Å². The van der Waals surface area contributed by atoms with Crippen LogP contribution in [-0.4, -0.2) is 36.0 Å². The fourth-order valence-corrected chi connectivity index (χ4v) is 4.45. The lowest BCUT2D eigenvalue weighted by Gasteiger charge is -2.36. The second-order valence-electron chi connectivity index (χ2n) is 8.29. The molecule has 2 aromatic carbocycles. The lowest BCUT2D eigenvalue weighted by molar-refractivity contribution is -0.123. The van der Waals surface area contributed by atoms with Gasteiger partial charge < -0.3 is 10.5 Å². The molecule has 4 rings (SSSR count). The first-order valence-corrected chi connectivity index (χ1v) is 9.87. The van der Waals surface area contributed by atoms with Crippen molar-refractivity contribution < 1.29 is 9.53 Å². The smallest absolute Gasteiger partial charge is 0.220 e. The van der Waals surface area contributed by atoms with E-state index >= 15 is 0 Å². The van der Waals surface area contributed by atoms with Crippen molar-refractivity contribution in [2.24, 2.45) is 11.7 Å². The lowest BCUT2D eigenvalue weighted by Crippen LogP contribution is -2.48. The average molecular weight is 364 g/mol. The number of hydrogen-bond donors (Lipinski definition) is 1. The van der Waals surface area contributed by atoms with Gasteiger partial charge >= 0.3 is 0 Å². The van der Waals surface area contributed by atoms with Gasteiger partial charge in [-0.1, -0.05) is 42.5 Å². The standard InChI is InChI=1S/C23H28N2O2/c1-23(16-25-11-9-19(10-12-25)22(24)26)15-20-14-18(7-8-21(20)27-23)13-17-5-3-2-4-6-17/h2-8,14,19H,9-13,15-16H2,1H3,(H2,24,26). The third-order valence-corrected chi connectivity index (χ3v) is 5.84. The predicted molar refractivity (Wildman–Crippen MR) is 107 cm³/mol. The molecular formula is C23H28N2O2. The lowest BCUT2D eigenvalue weighted by atomic mass is 9.93. The maximum absolute atomic E-state index is 11.4. The van der Waals surface area contributed by atoms with Crippen molar-refractivity contribution in [3.8, 4) is 5.75 Å². The molecule has 0 radical (unpaired) electrons. The van der Waals surface area contributed by atoms with Crippen molar-refractivity contribution in [2.45, 2.75) is 38.2 Å². The first kappa shape index (κ1) is 18.1. The molecule has 0 saturated carbocycles. The summed E-state index contributed by atoms with van der Waals surface area (Å²) < 4.78 is 6.34. The molecule has 4 heteroatoms. The molecule has 1 fully saturated rings. The van der Waals surface area contributed by atoms with Crippen LogP contribution in [0, 0.1) is 5.92 Å². The number of primary amides is 1. The molecule has 2 aliphatic rings. The van der Waals surface area contributed by atoms with Crippen LogP contribution in [0.3, 0.4) is 0 Å². The number of likely N-dealkylation sites (tertiary alicyclic amines) is 1. The van der Waals surface area contributed by atoms with E-state index in [4.69, 9.17) is 10.5 Å². The van der Waals surface area contributed by atoms with E-state index in [2.05, 4.69) is 60.4 Å². The van der Waals surface area contributed by atoms with Crippen molar-refractivity contribution in [1.82, 2.24) is 4.90 Å². The molecule has 1 unspecified atom stereocenters. The summed E-state index contributed by atoms with van der Waals surface area (Å²) in [6.45, 7) is 4.93. The average Bonchev–Trinajstić information content (AvgIpc) is 2.98. The molecule has 0 spiro atoms. The zero-order valence-corrected chi connectivity index (χ0v) is 16.0. The fourth-order valence-electron chi connectivity index (χ4n) is 4.45. The van der Waals surface area contributed by atoms with E-state index < -0.39 is 0 Å². The van der Waals surface area contributed by atoms with Gasteiger partial charge in [0.15, 0.2) is 0 Å². The Labute approximate surface area is 161 Å². The summed E-state index contributed by atoms with van der Waals surface area (Å²) >= 11 is 0. The fraction of sp³-hybridized carbons (Fsp3) is 0.435. The number of amides is 1. The van der Waals surface area contributed by atoms with E-state index in [0.29, 0.717) is 0 Å². The van der Waals surface area contributed by atoms with E-state index in [1.165, 1.54) is 16.7 Å². The number of nitrogens with two attached hydrogens (primary N) is 1. The van der Waals surface area contributed by atoms with E-state index in [0.717, 1.165) is 51.1 Å². The van der Waals surface area contributed by atoms with Crippen LogP contribution >= 0.6 is 0 Å². The Morgan fingerprint density at radius 1 is 1.15 bits per heavy atom. The Morgan fingerprint density at radius 2 is 1.89 bits per heavy atom. The number of benzene rings is 2. The highest BCUT2D eigenvalue weighted by molar-refractivity contribution is 5.76. The summed E-state index contributed by atoms with van der Waals surface area (Å²) in [5, 5.41) is 0. The third-order valence-electron chi connectivity index (χ3n) is 5.84. The van der Waals surface area contributed by atoms with Crippen molar-refractivity contribution in [3.63, 3.8) is 0 Å². The molecule has 1 atom stereocenters. The van der Waals surface area contributed by atoms with Gasteiger partial charge in [0, 0.05) is 18.9 Å². The third kappa shape index (κ3) is 4.16. The zero-order chi connectivity index (χ0) is 18.9. The van der Waals surface area contributed by atoms with E-state index in [1.807, 2.05) is 0 Å². The van der Waals surface area contributed by atoms with Gasteiger partial charge in [0.25, 0.3) is 0 Å². The summed E-state index contributed by atoms with van der Waals surface area (Å²) in [6.07, 6.45) is 3.60. The highest BCUT2D eigenvalue weighted by Gasteiger charge is 2.37. The summed E-state index contributed by atoms with van der Waals surface area (Å²) in [4.78, 5) is 13.8. The first-order valence-electron chi connectivity index (χ1n) is 9.87. The zero-order valence-electron chi connectivity index (χ0n) is 16.0. The molecule has 142 valence electrons. The topological polar surface area (TPSA) is 55.6 Å². The SMILES string of the molecule is CC1(CN2CCC(C(N)=O)CC2)Cc2cc(Cc3ccccc3)ccc2O1. The number of fused-ring (bicyclic) bond motifs is 1. The molecule has 2 aromatic rings. The minimum absolute atomic E-state index is 0.0382. The highest BCUT2D eigenvalue weighted by Crippen LogP contribution is 2.37. The minimum atomic E-state index is -0.201. The van der Waals surface area contributed by atoms with Crippen molar-refractivity contribution in [1.29, 1.82) is 0 Å². The number of carbonyl (C=O) groups excluding carboxylic acids is 1. The second-order valence-corrected chi connectivity index (χ2v) is 8.29. The normalized spacial score (nSPS) is 23.0. The van der Waals surface area contributed by atoms with Crippen LogP contribution in [-0.2, 0) is 17.6 Å². The largest absolute Gasteiger partial charge is 0.486 e. The molecule has 2 heterocycles. The molecule has 4 nitrogen and oxygen atoms in total. The number of hydrogen-bond acceptors (Lipinski definition) is 3. The van der Waals surface area contributed by atoms with E-state index in [-0.39, 0.29) is 17.4 Å². The maximum atomic E-state index is 11.4. The van der Waals surface area contributed by atoms with Crippen LogP contribution in [0.25, 0.3) is 0 Å². The minimum Gasteiger partial charge on any atom is -0.486 e. The second kappa shape index (κ2) is 7.35. The molecule has 0 bridgehead atoms. The number of rotatable bonds is 5. The van der Waals surface area contributed by atoms with Crippen LogP contribution < -0.4 is 10.5 Å². The van der Waals surface area contributed by atoms with Crippen LogP contribution in [0.5, 0.6) is 5.75 Å². The molecule has 27 heavy (non-hydrogen) atoms. The van der Waals surface area contributed by atoms with Gasteiger partial charge in [-0.3, -0.25) is 9.69 Å². The predicted octanol–water partition coefficient (Wildman–Crippen LogP) is 3.17. The summed E-state index contributed by atoms with van der Waals surface area (Å²) in [5.41, 5.74) is 9.21. The first-order chi connectivity index (χ1) is 13.0. The van der Waals surface area contributed by atoms with Crippen LogP contribution in [0.15, 0.2) is 48.5 Å². The Bertz CT molecular complexity index is 812. The Hall–Kier alpha value is -2.33. The van der Waals surface area contributed by atoms with Gasteiger partial charge in [-0.25, -0.2) is 0 Å².